The van der Waals surface area contributed by atoms with Gasteiger partial charge in [-0.05, 0) is 48.9 Å². The number of fused-ring (bicyclic) bond motifs is 1. The molecule has 3 rings (SSSR count). The van der Waals surface area contributed by atoms with Gasteiger partial charge in [0.05, 0.1) is 5.56 Å². The van der Waals surface area contributed by atoms with E-state index in [0.29, 0.717) is 5.56 Å². The number of anilines is 1. The number of nitrogens with two attached hydrogens (primary N) is 1. The molecule has 0 spiro atoms. The SMILES string of the molecule is Cn1c(N)c(C(=O)COC(=O)c2ccc3c(c2)CCCC3)c(=O)[nH]c1=O. The molecule has 0 radical (unpaired) electrons. The van der Waals surface area contributed by atoms with Gasteiger partial charge < -0.3 is 10.5 Å². The smallest absolute Gasteiger partial charge is 0.338 e. The second kappa shape index (κ2) is 6.99. The summed E-state index contributed by atoms with van der Waals surface area (Å²) in [6.07, 6.45) is 4.14. The van der Waals surface area contributed by atoms with Crippen molar-refractivity contribution in [2.75, 3.05) is 12.3 Å². The molecule has 0 aliphatic heterocycles. The number of benzene rings is 1. The molecular formula is C18H19N3O5. The molecule has 26 heavy (non-hydrogen) atoms. The van der Waals surface area contributed by atoms with Crippen LogP contribution in [0.25, 0.3) is 0 Å². The Morgan fingerprint density at radius 2 is 1.88 bits per heavy atom. The van der Waals surface area contributed by atoms with Gasteiger partial charge in [0.25, 0.3) is 5.56 Å². The van der Waals surface area contributed by atoms with Crippen LogP contribution in [0.4, 0.5) is 5.82 Å². The van der Waals surface area contributed by atoms with Crippen molar-refractivity contribution in [3.8, 4) is 0 Å². The number of aromatic amines is 1. The van der Waals surface area contributed by atoms with Crippen molar-refractivity contribution in [1.82, 2.24) is 9.55 Å². The summed E-state index contributed by atoms with van der Waals surface area (Å²) in [5.74, 6) is -1.69. The summed E-state index contributed by atoms with van der Waals surface area (Å²) in [7, 11) is 1.32. The van der Waals surface area contributed by atoms with Gasteiger partial charge in [0.1, 0.15) is 11.4 Å². The Morgan fingerprint density at radius 1 is 1.19 bits per heavy atom. The number of Topliss-reactive ketones (excluding diaryl/α,β-unsaturated/α-hetero) is 1. The van der Waals surface area contributed by atoms with Gasteiger partial charge in [0.15, 0.2) is 6.61 Å². The number of aromatic nitrogens is 2. The molecule has 0 saturated carbocycles. The van der Waals surface area contributed by atoms with Gasteiger partial charge in [0.2, 0.25) is 5.78 Å². The highest BCUT2D eigenvalue weighted by Gasteiger charge is 2.20. The van der Waals surface area contributed by atoms with E-state index in [-0.39, 0.29) is 5.82 Å². The Kier molecular flexibility index (Phi) is 4.75. The van der Waals surface area contributed by atoms with Crippen LogP contribution in [0.2, 0.25) is 0 Å². The van der Waals surface area contributed by atoms with E-state index in [2.05, 4.69) is 0 Å². The maximum atomic E-state index is 12.2. The number of hydrogen-bond donors (Lipinski definition) is 2. The number of aryl methyl sites for hydroxylation is 2. The second-order valence-electron chi connectivity index (χ2n) is 6.27. The van der Waals surface area contributed by atoms with E-state index in [4.69, 9.17) is 10.5 Å². The fourth-order valence-electron chi connectivity index (χ4n) is 3.05. The molecule has 0 fully saturated rings. The molecule has 2 aromatic rings. The van der Waals surface area contributed by atoms with Gasteiger partial charge >= 0.3 is 11.7 Å². The monoisotopic (exact) mass is 357 g/mol. The lowest BCUT2D eigenvalue weighted by Crippen LogP contribution is -2.35. The molecule has 136 valence electrons. The van der Waals surface area contributed by atoms with Crippen molar-refractivity contribution >= 4 is 17.6 Å². The first-order valence-corrected chi connectivity index (χ1v) is 8.29. The third kappa shape index (κ3) is 3.30. The highest BCUT2D eigenvalue weighted by Crippen LogP contribution is 2.22. The van der Waals surface area contributed by atoms with Gasteiger partial charge in [-0.2, -0.15) is 0 Å². The van der Waals surface area contributed by atoms with Crippen LogP contribution in [-0.2, 0) is 24.6 Å². The van der Waals surface area contributed by atoms with E-state index in [0.717, 1.165) is 35.8 Å². The average Bonchev–Trinajstić information content (AvgIpc) is 2.63. The molecule has 0 amide bonds. The van der Waals surface area contributed by atoms with E-state index in [9.17, 15) is 19.2 Å². The number of ketones is 1. The third-order valence-corrected chi connectivity index (χ3v) is 4.57. The number of carbonyl (C=O) groups is 2. The number of carbonyl (C=O) groups excluding carboxylic acids is 2. The molecular weight excluding hydrogens is 338 g/mol. The lowest BCUT2D eigenvalue weighted by atomic mass is 9.90. The van der Waals surface area contributed by atoms with Crippen LogP contribution >= 0.6 is 0 Å². The van der Waals surface area contributed by atoms with Crippen molar-refractivity contribution in [3.05, 3.63) is 61.3 Å². The Labute approximate surface area is 148 Å². The first kappa shape index (κ1) is 17.7. The first-order valence-electron chi connectivity index (χ1n) is 8.29. The van der Waals surface area contributed by atoms with Crippen LogP contribution in [0, 0.1) is 0 Å². The predicted molar refractivity (Wildman–Crippen MR) is 94.4 cm³/mol. The molecule has 8 heteroatoms. The molecule has 3 N–H and O–H groups in total. The molecule has 0 atom stereocenters. The first-order chi connectivity index (χ1) is 12.4. The van der Waals surface area contributed by atoms with Crippen LogP contribution in [0.3, 0.4) is 0 Å². The van der Waals surface area contributed by atoms with Crippen LogP contribution in [0.5, 0.6) is 0 Å². The lowest BCUT2D eigenvalue weighted by molar-refractivity contribution is 0.0474. The second-order valence-corrected chi connectivity index (χ2v) is 6.27. The number of hydrogen-bond acceptors (Lipinski definition) is 6. The number of esters is 1. The number of rotatable bonds is 4. The largest absolute Gasteiger partial charge is 0.454 e. The predicted octanol–water partition coefficient (Wildman–Crippen LogP) is 0.574. The number of ether oxygens (including phenoxy) is 1. The maximum absolute atomic E-state index is 12.2. The Hall–Kier alpha value is -3.16. The zero-order chi connectivity index (χ0) is 18.8. The van der Waals surface area contributed by atoms with Crippen molar-refractivity contribution in [2.45, 2.75) is 25.7 Å². The number of nitrogens with zero attached hydrogens (tertiary/aromatic N) is 1. The van der Waals surface area contributed by atoms with E-state index in [1.54, 1.807) is 12.1 Å². The van der Waals surface area contributed by atoms with Gasteiger partial charge in [0, 0.05) is 7.05 Å². The van der Waals surface area contributed by atoms with Crippen LogP contribution in [-0.4, -0.2) is 27.9 Å². The summed E-state index contributed by atoms with van der Waals surface area (Å²) in [5.41, 5.74) is 6.35. The molecule has 0 bridgehead atoms. The Balaban J connectivity index is 1.74. The highest BCUT2D eigenvalue weighted by molar-refractivity contribution is 6.02. The van der Waals surface area contributed by atoms with E-state index in [1.807, 2.05) is 11.1 Å². The van der Waals surface area contributed by atoms with Crippen molar-refractivity contribution in [3.63, 3.8) is 0 Å². The van der Waals surface area contributed by atoms with Crippen LogP contribution < -0.4 is 17.0 Å². The Bertz CT molecular complexity index is 1000. The average molecular weight is 357 g/mol. The zero-order valence-corrected chi connectivity index (χ0v) is 14.3. The molecule has 0 saturated heterocycles. The van der Waals surface area contributed by atoms with Gasteiger partial charge in [-0.15, -0.1) is 0 Å². The van der Waals surface area contributed by atoms with E-state index in [1.165, 1.54) is 12.6 Å². The van der Waals surface area contributed by atoms with Crippen molar-refractivity contribution in [2.24, 2.45) is 7.05 Å². The normalized spacial score (nSPS) is 13.1. The van der Waals surface area contributed by atoms with Crippen LogP contribution in [0.1, 0.15) is 44.7 Å². The maximum Gasteiger partial charge on any atom is 0.338 e. The van der Waals surface area contributed by atoms with Crippen molar-refractivity contribution in [1.29, 1.82) is 0 Å². The van der Waals surface area contributed by atoms with Crippen molar-refractivity contribution < 1.29 is 14.3 Å². The molecule has 1 aromatic heterocycles. The minimum atomic E-state index is -0.902. The van der Waals surface area contributed by atoms with Gasteiger partial charge in [-0.3, -0.25) is 19.1 Å². The fraction of sp³-hybridized carbons (Fsp3) is 0.333. The summed E-state index contributed by atoms with van der Waals surface area (Å²) in [6, 6.07) is 5.36. The summed E-state index contributed by atoms with van der Waals surface area (Å²) < 4.78 is 5.98. The minimum absolute atomic E-state index is 0.270. The third-order valence-electron chi connectivity index (χ3n) is 4.57. The molecule has 1 aliphatic rings. The summed E-state index contributed by atoms with van der Waals surface area (Å²) in [5, 5.41) is 0. The van der Waals surface area contributed by atoms with Gasteiger partial charge in [-0.25, -0.2) is 9.59 Å². The topological polar surface area (TPSA) is 124 Å². The summed E-state index contributed by atoms with van der Waals surface area (Å²) in [4.78, 5) is 49.7. The highest BCUT2D eigenvalue weighted by atomic mass is 16.5. The molecule has 0 unspecified atom stereocenters. The minimum Gasteiger partial charge on any atom is -0.454 e. The fourth-order valence-corrected chi connectivity index (χ4v) is 3.05. The molecule has 1 aliphatic carbocycles. The van der Waals surface area contributed by atoms with E-state index >= 15 is 0 Å². The molecule has 1 heterocycles. The summed E-state index contributed by atoms with van der Waals surface area (Å²) >= 11 is 0. The van der Waals surface area contributed by atoms with Gasteiger partial charge in [-0.1, -0.05) is 6.07 Å². The zero-order valence-electron chi connectivity index (χ0n) is 14.3. The molecule has 8 nitrogen and oxygen atoms in total. The number of H-pyrrole nitrogens is 1. The quantitative estimate of drug-likeness (QED) is 0.609. The standard InChI is InChI=1S/C18H19N3O5/c1-21-15(19)14(16(23)20-18(21)25)13(22)9-26-17(24)12-7-6-10-4-2-3-5-11(10)8-12/h6-8H,2-5,9,19H2,1H3,(H,20,23,25). The van der Waals surface area contributed by atoms with E-state index < -0.39 is 35.2 Å². The Morgan fingerprint density at radius 3 is 2.62 bits per heavy atom. The number of nitrogens with one attached hydrogen (secondary N) is 1. The summed E-state index contributed by atoms with van der Waals surface area (Å²) in [6.45, 7) is -0.637. The number of nitrogen functional groups attached to an aromatic ring is 1. The lowest BCUT2D eigenvalue weighted by Gasteiger charge is -2.16. The molecule has 1 aromatic carbocycles. The van der Waals surface area contributed by atoms with Crippen LogP contribution in [0.15, 0.2) is 27.8 Å².